The number of hydrogen-bond acceptors (Lipinski definition) is 4. The van der Waals surface area contributed by atoms with Gasteiger partial charge in [0.25, 0.3) is 0 Å². The molecule has 0 aliphatic rings. The third-order valence-corrected chi connectivity index (χ3v) is 7.56. The van der Waals surface area contributed by atoms with Crippen molar-refractivity contribution in [2.45, 2.75) is 78.1 Å². The Morgan fingerprint density at radius 1 is 0.455 bits per heavy atom. The molecule has 0 aliphatic carbocycles. The molecule has 0 radical (unpaired) electrons. The summed E-state index contributed by atoms with van der Waals surface area (Å²) >= 11 is 0. The van der Waals surface area contributed by atoms with Crippen LogP contribution < -0.4 is 0 Å². The summed E-state index contributed by atoms with van der Waals surface area (Å²) in [6.45, 7) is 4.23. The summed E-state index contributed by atoms with van der Waals surface area (Å²) in [7, 11) is -6.44. The molecule has 0 N–H and O–H groups in total. The highest BCUT2D eigenvalue weighted by atomic mass is 32.2. The van der Waals surface area contributed by atoms with Crippen LogP contribution in [0.1, 0.15) is 78.1 Å². The van der Waals surface area contributed by atoms with Crippen molar-refractivity contribution >= 4 is 19.7 Å². The van der Waals surface area contributed by atoms with Crippen molar-refractivity contribution in [1.29, 1.82) is 0 Å². The lowest BCUT2D eigenvalue weighted by atomic mass is 10.2. The van der Waals surface area contributed by atoms with E-state index < -0.39 is 19.7 Å². The topological polar surface area (TPSA) is 68.3 Å². The van der Waals surface area contributed by atoms with Crippen LogP contribution in [-0.4, -0.2) is 39.8 Å². The number of sulfone groups is 2. The molecule has 0 amide bonds. The SMILES string of the molecule is CCCCCCCS(=O)(=O)CCS(=O)(=O)CCCCCCC. The summed E-state index contributed by atoms with van der Waals surface area (Å²) in [6, 6.07) is 0. The summed E-state index contributed by atoms with van der Waals surface area (Å²) in [6.07, 6.45) is 9.77. The van der Waals surface area contributed by atoms with Crippen molar-refractivity contribution in [3.05, 3.63) is 0 Å². The molecule has 0 fully saturated rings. The Morgan fingerprint density at radius 3 is 1.09 bits per heavy atom. The van der Waals surface area contributed by atoms with Crippen LogP contribution in [0, 0.1) is 0 Å². The minimum atomic E-state index is -3.22. The molecule has 0 aromatic rings. The average Bonchev–Trinajstić information content (AvgIpc) is 2.45. The molecule has 0 unspecified atom stereocenters. The summed E-state index contributed by atoms with van der Waals surface area (Å²) in [5, 5.41) is 0. The van der Waals surface area contributed by atoms with Gasteiger partial charge in [-0.25, -0.2) is 16.8 Å². The average molecular weight is 355 g/mol. The van der Waals surface area contributed by atoms with E-state index in [0.29, 0.717) is 12.8 Å². The van der Waals surface area contributed by atoms with Gasteiger partial charge >= 0.3 is 0 Å². The molecular weight excluding hydrogens is 320 g/mol. The standard InChI is InChI=1S/C16H34O4S2/c1-3-5-7-9-11-13-21(17,18)15-16-22(19,20)14-12-10-8-6-4-2/h3-16H2,1-2H3. The molecular formula is C16H34O4S2. The normalized spacial score (nSPS) is 12.6. The zero-order valence-electron chi connectivity index (χ0n) is 14.3. The molecule has 0 aromatic carbocycles. The highest BCUT2D eigenvalue weighted by Gasteiger charge is 2.17. The van der Waals surface area contributed by atoms with E-state index >= 15 is 0 Å². The molecule has 134 valence electrons. The van der Waals surface area contributed by atoms with E-state index in [9.17, 15) is 16.8 Å². The van der Waals surface area contributed by atoms with E-state index in [2.05, 4.69) is 13.8 Å². The predicted molar refractivity (Wildman–Crippen MR) is 94.8 cm³/mol. The van der Waals surface area contributed by atoms with Gasteiger partial charge in [0.2, 0.25) is 0 Å². The molecule has 0 rings (SSSR count). The molecule has 4 nitrogen and oxygen atoms in total. The maximum atomic E-state index is 11.9. The first kappa shape index (κ1) is 21.9. The first-order valence-corrected chi connectivity index (χ1v) is 12.4. The van der Waals surface area contributed by atoms with E-state index in [1.807, 2.05) is 0 Å². The second kappa shape index (κ2) is 12.3. The van der Waals surface area contributed by atoms with Gasteiger partial charge in [0, 0.05) is 0 Å². The van der Waals surface area contributed by atoms with Crippen molar-refractivity contribution in [1.82, 2.24) is 0 Å². The second-order valence-electron chi connectivity index (χ2n) is 6.13. The highest BCUT2D eigenvalue weighted by Crippen LogP contribution is 2.08. The van der Waals surface area contributed by atoms with Crippen molar-refractivity contribution in [3.63, 3.8) is 0 Å². The maximum absolute atomic E-state index is 11.9. The largest absolute Gasteiger partial charge is 0.229 e. The van der Waals surface area contributed by atoms with Gasteiger partial charge in [-0.05, 0) is 12.8 Å². The Morgan fingerprint density at radius 2 is 0.773 bits per heavy atom. The smallest absolute Gasteiger partial charge is 0.151 e. The number of hydrogen-bond donors (Lipinski definition) is 0. The summed E-state index contributed by atoms with van der Waals surface area (Å²) in [4.78, 5) is 0. The molecule has 0 atom stereocenters. The fourth-order valence-electron chi connectivity index (χ4n) is 2.31. The molecule has 0 spiro atoms. The van der Waals surface area contributed by atoms with Gasteiger partial charge in [-0.15, -0.1) is 0 Å². The molecule has 22 heavy (non-hydrogen) atoms. The van der Waals surface area contributed by atoms with Gasteiger partial charge < -0.3 is 0 Å². The molecule has 0 saturated carbocycles. The predicted octanol–water partition coefficient (Wildman–Crippen LogP) is 3.76. The quantitative estimate of drug-likeness (QED) is 0.420. The van der Waals surface area contributed by atoms with Crippen LogP contribution in [0.25, 0.3) is 0 Å². The minimum absolute atomic E-state index is 0.128. The van der Waals surface area contributed by atoms with Crippen LogP contribution in [0.5, 0.6) is 0 Å². The van der Waals surface area contributed by atoms with Gasteiger partial charge in [0.05, 0.1) is 23.0 Å². The highest BCUT2D eigenvalue weighted by molar-refractivity contribution is 7.95. The Bertz CT molecular complexity index is 409. The van der Waals surface area contributed by atoms with E-state index in [1.54, 1.807) is 0 Å². The molecule has 6 heteroatoms. The van der Waals surface area contributed by atoms with Crippen molar-refractivity contribution in [2.75, 3.05) is 23.0 Å². The van der Waals surface area contributed by atoms with Gasteiger partial charge in [-0.1, -0.05) is 65.2 Å². The van der Waals surface area contributed by atoms with Crippen LogP contribution in [0.2, 0.25) is 0 Å². The Hall–Kier alpha value is -0.100. The minimum Gasteiger partial charge on any atom is -0.229 e. The van der Waals surface area contributed by atoms with Gasteiger partial charge in [0.15, 0.2) is 19.7 Å². The van der Waals surface area contributed by atoms with Crippen molar-refractivity contribution < 1.29 is 16.8 Å². The van der Waals surface area contributed by atoms with Gasteiger partial charge in [0.1, 0.15) is 0 Å². The number of rotatable bonds is 15. The maximum Gasteiger partial charge on any atom is 0.151 e. The monoisotopic (exact) mass is 354 g/mol. The summed E-state index contributed by atoms with van der Waals surface area (Å²) in [5.41, 5.74) is 0. The van der Waals surface area contributed by atoms with E-state index in [4.69, 9.17) is 0 Å². The fraction of sp³-hybridized carbons (Fsp3) is 1.00. The lowest BCUT2D eigenvalue weighted by Crippen LogP contribution is -2.21. The van der Waals surface area contributed by atoms with E-state index in [1.165, 1.54) is 0 Å². The van der Waals surface area contributed by atoms with E-state index in [-0.39, 0.29) is 23.0 Å². The molecule has 0 saturated heterocycles. The lowest BCUT2D eigenvalue weighted by Gasteiger charge is -2.06. The second-order valence-corrected chi connectivity index (χ2v) is 10.7. The van der Waals surface area contributed by atoms with E-state index in [0.717, 1.165) is 51.4 Å². The van der Waals surface area contributed by atoms with Crippen LogP contribution >= 0.6 is 0 Å². The summed E-state index contributed by atoms with van der Waals surface area (Å²) in [5.74, 6) is -0.165. The Labute approximate surface area is 137 Å². The zero-order chi connectivity index (χ0) is 16.9. The third kappa shape index (κ3) is 13.6. The summed E-state index contributed by atoms with van der Waals surface area (Å²) < 4.78 is 47.4. The third-order valence-electron chi connectivity index (χ3n) is 3.82. The van der Waals surface area contributed by atoms with Crippen LogP contribution in [-0.2, 0) is 19.7 Å². The Kier molecular flexibility index (Phi) is 12.3. The van der Waals surface area contributed by atoms with Gasteiger partial charge in [-0.3, -0.25) is 0 Å². The molecule has 0 aliphatic heterocycles. The van der Waals surface area contributed by atoms with Crippen molar-refractivity contribution in [2.24, 2.45) is 0 Å². The first-order valence-electron chi connectivity index (χ1n) is 8.74. The fourth-order valence-corrected chi connectivity index (χ4v) is 6.04. The molecule has 0 bridgehead atoms. The molecule has 0 heterocycles. The van der Waals surface area contributed by atoms with Crippen LogP contribution in [0.4, 0.5) is 0 Å². The molecule has 0 aromatic heterocycles. The van der Waals surface area contributed by atoms with Crippen LogP contribution in [0.3, 0.4) is 0 Å². The van der Waals surface area contributed by atoms with Gasteiger partial charge in [-0.2, -0.15) is 0 Å². The first-order chi connectivity index (χ1) is 10.3. The van der Waals surface area contributed by atoms with Crippen LogP contribution in [0.15, 0.2) is 0 Å². The number of unbranched alkanes of at least 4 members (excludes halogenated alkanes) is 8. The van der Waals surface area contributed by atoms with Crippen molar-refractivity contribution in [3.8, 4) is 0 Å². The Balaban J connectivity index is 3.91. The lowest BCUT2D eigenvalue weighted by molar-refractivity contribution is 0.579. The zero-order valence-corrected chi connectivity index (χ0v) is 16.0.